The zero-order valence-corrected chi connectivity index (χ0v) is 7.47. The van der Waals surface area contributed by atoms with Crippen LogP contribution in [0.1, 0.15) is 11.1 Å². The lowest BCUT2D eigenvalue weighted by molar-refractivity contribution is -0.385. The Morgan fingerprint density at radius 2 is 2.13 bits per heavy atom. The Morgan fingerprint density at radius 1 is 1.47 bits per heavy atom. The van der Waals surface area contributed by atoms with Gasteiger partial charge in [0.2, 0.25) is 0 Å². The Morgan fingerprint density at radius 3 is 2.60 bits per heavy atom. The molecule has 15 heavy (non-hydrogen) atoms. The molecule has 1 N–H and O–H groups in total. The van der Waals surface area contributed by atoms with Crippen molar-refractivity contribution < 1.29 is 10.0 Å². The Hall–Kier alpha value is -2.60. The minimum absolute atomic E-state index is 0.140. The van der Waals surface area contributed by atoms with E-state index in [2.05, 4.69) is 0 Å². The highest BCUT2D eigenvalue weighted by Gasteiger charge is 2.17. The van der Waals surface area contributed by atoms with Crippen LogP contribution in [0.5, 0.6) is 5.75 Å². The van der Waals surface area contributed by atoms with Crippen molar-refractivity contribution in [2.24, 2.45) is 0 Å². The van der Waals surface area contributed by atoms with Crippen LogP contribution in [-0.2, 0) is 6.42 Å². The van der Waals surface area contributed by atoms with Crippen molar-refractivity contribution in [1.82, 2.24) is 0 Å². The van der Waals surface area contributed by atoms with Gasteiger partial charge in [-0.05, 0) is 0 Å². The van der Waals surface area contributed by atoms with Crippen molar-refractivity contribution >= 4 is 5.69 Å². The fourth-order valence-corrected chi connectivity index (χ4v) is 1.09. The summed E-state index contributed by atoms with van der Waals surface area (Å²) in [6.07, 6.45) is -0.140. The third kappa shape index (κ3) is 2.01. The molecule has 0 heterocycles. The van der Waals surface area contributed by atoms with E-state index in [1.165, 1.54) is 0 Å². The molecule has 0 aliphatic rings. The maximum absolute atomic E-state index is 10.5. The van der Waals surface area contributed by atoms with Crippen LogP contribution in [0.4, 0.5) is 5.69 Å². The molecule has 6 nitrogen and oxygen atoms in total. The van der Waals surface area contributed by atoms with E-state index in [0.717, 1.165) is 12.1 Å². The lowest BCUT2D eigenvalue weighted by Gasteiger charge is -2.01. The molecule has 74 valence electrons. The first-order valence-corrected chi connectivity index (χ1v) is 3.87. The largest absolute Gasteiger partial charge is 0.508 e. The summed E-state index contributed by atoms with van der Waals surface area (Å²) in [5, 5.41) is 36.9. The number of benzene rings is 1. The van der Waals surface area contributed by atoms with Gasteiger partial charge in [0, 0.05) is 17.7 Å². The first kappa shape index (κ1) is 10.5. The summed E-state index contributed by atoms with van der Waals surface area (Å²) in [5.74, 6) is -0.279. The molecule has 0 saturated heterocycles. The fraction of sp³-hybridized carbons (Fsp3) is 0.111. The monoisotopic (exact) mass is 203 g/mol. The SMILES string of the molecule is N#CCc1cc([N+](=O)[O-])c(C#N)cc1O. The number of aromatic hydroxyl groups is 1. The van der Waals surface area contributed by atoms with E-state index in [1.54, 1.807) is 12.1 Å². The van der Waals surface area contributed by atoms with E-state index < -0.39 is 10.6 Å². The third-order valence-corrected chi connectivity index (χ3v) is 1.78. The molecular formula is C9H5N3O3. The van der Waals surface area contributed by atoms with E-state index in [1.807, 2.05) is 0 Å². The van der Waals surface area contributed by atoms with Gasteiger partial charge in [0.1, 0.15) is 17.4 Å². The second-order valence-corrected chi connectivity index (χ2v) is 2.70. The molecule has 1 rings (SSSR count). The van der Waals surface area contributed by atoms with Gasteiger partial charge in [0.05, 0.1) is 17.4 Å². The molecule has 0 atom stereocenters. The molecule has 1 aromatic rings. The fourth-order valence-electron chi connectivity index (χ4n) is 1.09. The van der Waals surface area contributed by atoms with Gasteiger partial charge in [-0.3, -0.25) is 10.1 Å². The Kier molecular flexibility index (Phi) is 2.85. The van der Waals surface area contributed by atoms with E-state index in [4.69, 9.17) is 10.5 Å². The molecule has 0 amide bonds. The molecule has 0 radical (unpaired) electrons. The Balaban J connectivity index is 3.40. The number of nitro benzene ring substituents is 1. The van der Waals surface area contributed by atoms with E-state index in [0.29, 0.717) is 0 Å². The first-order valence-electron chi connectivity index (χ1n) is 3.87. The molecule has 0 spiro atoms. The van der Waals surface area contributed by atoms with Gasteiger partial charge in [0.25, 0.3) is 5.69 Å². The zero-order chi connectivity index (χ0) is 11.4. The number of nitrogens with zero attached hydrogens (tertiary/aromatic N) is 3. The van der Waals surface area contributed by atoms with Crippen molar-refractivity contribution in [3.05, 3.63) is 33.4 Å². The van der Waals surface area contributed by atoms with Crippen LogP contribution in [0.2, 0.25) is 0 Å². The summed E-state index contributed by atoms with van der Waals surface area (Å²) in [6.45, 7) is 0. The van der Waals surface area contributed by atoms with Crippen LogP contribution in [0, 0.1) is 32.8 Å². The van der Waals surface area contributed by atoms with E-state index in [-0.39, 0.29) is 23.3 Å². The quantitative estimate of drug-likeness (QED) is 0.574. The second-order valence-electron chi connectivity index (χ2n) is 2.70. The van der Waals surface area contributed by atoms with Crippen molar-refractivity contribution in [2.45, 2.75) is 6.42 Å². The molecule has 1 aromatic carbocycles. The highest BCUT2D eigenvalue weighted by atomic mass is 16.6. The van der Waals surface area contributed by atoms with Crippen molar-refractivity contribution in [3.8, 4) is 17.9 Å². The van der Waals surface area contributed by atoms with Crippen LogP contribution < -0.4 is 0 Å². The van der Waals surface area contributed by atoms with Crippen LogP contribution in [0.15, 0.2) is 12.1 Å². The normalized spacial score (nSPS) is 8.93. The number of phenolic OH excluding ortho intramolecular Hbond substituents is 1. The van der Waals surface area contributed by atoms with Crippen molar-refractivity contribution in [2.75, 3.05) is 0 Å². The molecule has 0 unspecified atom stereocenters. The van der Waals surface area contributed by atoms with Gasteiger partial charge in [-0.15, -0.1) is 0 Å². The van der Waals surface area contributed by atoms with Gasteiger partial charge in [-0.1, -0.05) is 0 Å². The van der Waals surface area contributed by atoms with Crippen LogP contribution in [0.25, 0.3) is 0 Å². The predicted octanol–water partition coefficient (Wildman–Crippen LogP) is 1.24. The first-order chi connectivity index (χ1) is 7.10. The summed E-state index contributed by atoms with van der Waals surface area (Å²) in [5.41, 5.74) is -0.483. The number of nitro groups is 1. The smallest absolute Gasteiger partial charge is 0.287 e. The van der Waals surface area contributed by atoms with E-state index in [9.17, 15) is 15.2 Å². The lowest BCUT2D eigenvalue weighted by atomic mass is 10.1. The summed E-state index contributed by atoms with van der Waals surface area (Å²) >= 11 is 0. The Bertz CT molecular complexity index is 497. The summed E-state index contributed by atoms with van der Waals surface area (Å²) in [6, 6.07) is 5.40. The zero-order valence-electron chi connectivity index (χ0n) is 7.47. The summed E-state index contributed by atoms with van der Waals surface area (Å²) in [4.78, 5) is 9.81. The molecular weight excluding hydrogens is 198 g/mol. The number of hydrogen-bond acceptors (Lipinski definition) is 5. The maximum atomic E-state index is 10.5. The number of rotatable bonds is 2. The maximum Gasteiger partial charge on any atom is 0.287 e. The molecule has 0 aliphatic heterocycles. The molecule has 0 aliphatic carbocycles. The molecule has 0 fully saturated rings. The van der Waals surface area contributed by atoms with Crippen molar-refractivity contribution in [1.29, 1.82) is 10.5 Å². The molecule has 0 aromatic heterocycles. The number of hydrogen-bond donors (Lipinski definition) is 1. The van der Waals surface area contributed by atoms with Crippen LogP contribution in [0.3, 0.4) is 0 Å². The van der Waals surface area contributed by atoms with Gasteiger partial charge in [-0.2, -0.15) is 10.5 Å². The van der Waals surface area contributed by atoms with Crippen LogP contribution in [-0.4, -0.2) is 10.0 Å². The van der Waals surface area contributed by atoms with Crippen LogP contribution >= 0.6 is 0 Å². The van der Waals surface area contributed by atoms with Gasteiger partial charge in [0.15, 0.2) is 0 Å². The average molecular weight is 203 g/mol. The highest BCUT2D eigenvalue weighted by Crippen LogP contribution is 2.27. The number of nitriles is 2. The van der Waals surface area contributed by atoms with Gasteiger partial charge >= 0.3 is 0 Å². The molecule has 0 bridgehead atoms. The summed E-state index contributed by atoms with van der Waals surface area (Å²) in [7, 11) is 0. The van der Waals surface area contributed by atoms with Gasteiger partial charge < -0.3 is 5.11 Å². The molecule has 0 saturated carbocycles. The summed E-state index contributed by atoms with van der Waals surface area (Å²) < 4.78 is 0. The van der Waals surface area contributed by atoms with E-state index >= 15 is 0 Å². The predicted molar refractivity (Wildman–Crippen MR) is 48.8 cm³/mol. The minimum Gasteiger partial charge on any atom is -0.508 e. The topological polar surface area (TPSA) is 111 Å². The highest BCUT2D eigenvalue weighted by molar-refractivity contribution is 5.55. The standard InChI is InChI=1S/C9H5N3O3/c10-2-1-6-3-8(12(14)15)7(5-11)4-9(6)13/h3-4,13H,1H2. The average Bonchev–Trinajstić information content (AvgIpc) is 2.20. The van der Waals surface area contributed by atoms with Gasteiger partial charge in [-0.25, -0.2) is 0 Å². The number of phenols is 1. The second kappa shape index (κ2) is 4.07. The lowest BCUT2D eigenvalue weighted by Crippen LogP contribution is -1.95. The minimum atomic E-state index is -0.723. The van der Waals surface area contributed by atoms with Crippen molar-refractivity contribution in [3.63, 3.8) is 0 Å². The molecule has 6 heteroatoms. The third-order valence-electron chi connectivity index (χ3n) is 1.78. The Labute approximate surface area is 84.8 Å².